The van der Waals surface area contributed by atoms with Gasteiger partial charge in [-0.15, -0.1) is 11.3 Å². The Labute approximate surface area is 296 Å². The second kappa shape index (κ2) is 10.3. The van der Waals surface area contributed by atoms with Crippen molar-refractivity contribution in [2.45, 2.75) is 5.41 Å². The lowest BCUT2D eigenvalue weighted by Gasteiger charge is -2.41. The first-order valence-electron chi connectivity index (χ1n) is 24.1. The van der Waals surface area contributed by atoms with E-state index < -0.39 is 177 Å². The van der Waals surface area contributed by atoms with Crippen LogP contribution >= 0.6 is 11.3 Å². The van der Waals surface area contributed by atoms with E-state index in [0.717, 1.165) is 10.1 Å². The first-order valence-corrected chi connectivity index (χ1v) is 14.5. The van der Waals surface area contributed by atoms with Gasteiger partial charge in [0.05, 0.1) is 34.2 Å². The monoisotopic (exact) mass is 613 g/mol. The van der Waals surface area contributed by atoms with Crippen LogP contribution < -0.4 is 4.74 Å². The fourth-order valence-corrected chi connectivity index (χ4v) is 7.09. The molecule has 0 fully saturated rings. The zero-order chi connectivity index (χ0) is 48.1. The Morgan fingerprint density at radius 3 is 1.96 bits per heavy atom. The Hall–Kier alpha value is -5.44. The SMILES string of the molecule is [2H]c1c([2H])c([2H])c(C2(c3c([2H])c([2H])c([2H])c([2H])c3[2H])c3c([2H])c([2H])c([2H])c([2H])c3Oc3c([2H])c(-c4c([2H])c([2H])c([2H])c([2H])c4-c4cccc5c4sc4ccccc45)c([2H])c([2H])c32)c([2H])c1[2H]. The third-order valence-corrected chi connectivity index (χ3v) is 8.97. The second-order valence-electron chi connectivity index (χ2n) is 10.0. The molecule has 0 spiro atoms. The van der Waals surface area contributed by atoms with Crippen molar-refractivity contribution in [3.63, 3.8) is 0 Å². The van der Waals surface area contributed by atoms with Crippen LogP contribution in [0, 0.1) is 0 Å². The fourth-order valence-electron chi connectivity index (χ4n) is 5.87. The smallest absolute Gasteiger partial charge is 0.132 e. The molecule has 7 aromatic carbocycles. The second-order valence-corrected chi connectivity index (χ2v) is 11.1. The predicted molar refractivity (Wildman–Crippen MR) is 189 cm³/mol. The number of thiophene rings is 1. The van der Waals surface area contributed by atoms with Crippen molar-refractivity contribution in [3.8, 4) is 33.8 Å². The Bertz CT molecular complexity index is 3380. The molecular formula is C43H28OS. The van der Waals surface area contributed by atoms with Crippen LogP contribution in [0.25, 0.3) is 42.4 Å². The number of para-hydroxylation sites is 1. The van der Waals surface area contributed by atoms with E-state index in [1.54, 1.807) is 12.1 Å². The third kappa shape index (κ3) is 3.93. The van der Waals surface area contributed by atoms with Crippen LogP contribution in [0.1, 0.15) is 51.0 Å². The van der Waals surface area contributed by atoms with Gasteiger partial charge in [-0.2, -0.15) is 0 Å². The van der Waals surface area contributed by atoms with E-state index >= 15 is 0 Å². The molecule has 1 aliphatic rings. The van der Waals surface area contributed by atoms with Crippen molar-refractivity contribution >= 4 is 31.5 Å². The maximum Gasteiger partial charge on any atom is 0.132 e. The highest BCUT2D eigenvalue weighted by atomic mass is 32.1. The largest absolute Gasteiger partial charge is 0.457 e. The summed E-state index contributed by atoms with van der Waals surface area (Å²) in [5, 5.41) is 1.55. The quantitative estimate of drug-likeness (QED) is 0.192. The topological polar surface area (TPSA) is 9.23 Å². The third-order valence-electron chi connectivity index (χ3n) is 7.75. The van der Waals surface area contributed by atoms with Crippen molar-refractivity contribution < 1.29 is 33.5 Å². The van der Waals surface area contributed by atoms with Crippen LogP contribution in [-0.2, 0) is 5.41 Å². The summed E-state index contributed by atoms with van der Waals surface area (Å²) in [6, 6.07) is -7.79. The first-order chi connectivity index (χ1) is 31.0. The van der Waals surface area contributed by atoms with Gasteiger partial charge in [-0.05, 0) is 46.0 Å². The van der Waals surface area contributed by atoms with Gasteiger partial charge in [0.2, 0.25) is 0 Å². The minimum Gasteiger partial charge on any atom is -0.457 e. The van der Waals surface area contributed by atoms with Gasteiger partial charge in [0, 0.05) is 36.9 Å². The van der Waals surface area contributed by atoms with Gasteiger partial charge in [-0.1, -0.05) is 151 Å². The summed E-state index contributed by atoms with van der Waals surface area (Å²) in [5.41, 5.74) is -7.92. The van der Waals surface area contributed by atoms with E-state index in [1.165, 1.54) is 11.3 Å². The lowest BCUT2D eigenvalue weighted by Crippen LogP contribution is -2.34. The normalized spacial score (nSPS) is 19.8. The molecule has 0 unspecified atom stereocenters. The van der Waals surface area contributed by atoms with Gasteiger partial charge in [0.1, 0.15) is 11.5 Å². The molecule has 0 saturated heterocycles. The predicted octanol–water partition coefficient (Wildman–Crippen LogP) is 11.9. The van der Waals surface area contributed by atoms with Gasteiger partial charge in [0.15, 0.2) is 0 Å². The lowest BCUT2D eigenvalue weighted by molar-refractivity contribution is 0.435. The van der Waals surface area contributed by atoms with Crippen molar-refractivity contribution in [2.75, 3.05) is 0 Å². The van der Waals surface area contributed by atoms with Crippen molar-refractivity contribution in [2.24, 2.45) is 0 Å². The Balaban J connectivity index is 1.56. The number of hydrogen-bond donors (Lipinski definition) is 0. The minimum atomic E-state index is -3.18. The van der Waals surface area contributed by atoms with Gasteiger partial charge in [-0.3, -0.25) is 0 Å². The molecule has 1 nitrogen and oxygen atoms in total. The summed E-state index contributed by atoms with van der Waals surface area (Å²) in [6.07, 6.45) is 0. The van der Waals surface area contributed by atoms with Crippen LogP contribution in [0.4, 0.5) is 0 Å². The zero-order valence-electron chi connectivity index (χ0n) is 43.9. The molecule has 8 aromatic rings. The summed E-state index contributed by atoms with van der Waals surface area (Å²) in [4.78, 5) is 0. The molecule has 2 heterocycles. The molecule has 45 heavy (non-hydrogen) atoms. The van der Waals surface area contributed by atoms with E-state index in [2.05, 4.69) is 0 Å². The minimum absolute atomic E-state index is 0.194. The summed E-state index contributed by atoms with van der Waals surface area (Å²) < 4.78 is 199. The maximum atomic E-state index is 9.95. The molecule has 0 amide bonds. The number of benzene rings is 7. The summed E-state index contributed by atoms with van der Waals surface area (Å²) >= 11 is 1.31. The van der Waals surface area contributed by atoms with E-state index in [9.17, 15) is 13.7 Å². The fraction of sp³-hybridized carbons (Fsp3) is 0.0233. The molecule has 1 aliphatic heterocycles. The van der Waals surface area contributed by atoms with Gasteiger partial charge >= 0.3 is 0 Å². The van der Waals surface area contributed by atoms with Crippen LogP contribution in [-0.4, -0.2) is 0 Å². The van der Waals surface area contributed by atoms with Crippen LogP contribution in [0.2, 0.25) is 0 Å². The average Bonchev–Trinajstić information content (AvgIpc) is 3.69. The average molecular weight is 614 g/mol. The van der Waals surface area contributed by atoms with Gasteiger partial charge in [-0.25, -0.2) is 0 Å². The number of rotatable bonds is 4. The maximum absolute atomic E-state index is 9.95. The molecule has 0 radical (unpaired) electrons. The van der Waals surface area contributed by atoms with Crippen LogP contribution in [0.15, 0.2) is 169 Å². The van der Waals surface area contributed by atoms with Crippen molar-refractivity contribution in [1.29, 1.82) is 0 Å². The molecule has 1 aromatic heterocycles. The van der Waals surface area contributed by atoms with E-state index in [-0.39, 0.29) is 11.1 Å². The summed E-state index contributed by atoms with van der Waals surface area (Å²) in [7, 11) is 0. The molecule has 0 N–H and O–H groups in total. The Morgan fingerprint density at radius 2 is 1.16 bits per heavy atom. The van der Waals surface area contributed by atoms with Crippen LogP contribution in [0.3, 0.4) is 0 Å². The van der Waals surface area contributed by atoms with E-state index in [1.807, 2.05) is 30.3 Å². The molecule has 2 heteroatoms. The highest BCUT2D eigenvalue weighted by Gasteiger charge is 2.45. The van der Waals surface area contributed by atoms with Gasteiger partial charge in [0.25, 0.3) is 0 Å². The zero-order valence-corrected chi connectivity index (χ0v) is 23.7. The molecule has 0 saturated carbocycles. The molecule has 212 valence electrons. The lowest BCUT2D eigenvalue weighted by atomic mass is 9.63. The standard InChI is InChI=1S/C43H28OS/c1-3-14-30(15-4-1)43(31-16-5-2-6-17-31)37-23-10-11-24-39(37)44-40-28-29(26-27-38(40)43)32-18-7-8-19-33(32)35-21-13-22-36-34-20-9-12-25-41(34)45-42(35)36/h1-28H/i1D,2D,3D,4D,5D,6D,7D,8D,10D,11D,14D,15D,16D,17D,18D,19D,23D,24D,26D,27D,28D. The molecule has 0 aliphatic carbocycles. The Morgan fingerprint density at radius 1 is 0.511 bits per heavy atom. The number of fused-ring (bicyclic) bond motifs is 5. The van der Waals surface area contributed by atoms with Crippen molar-refractivity contribution in [1.82, 2.24) is 0 Å². The molecule has 0 bridgehead atoms. The highest BCUT2D eigenvalue weighted by molar-refractivity contribution is 7.26. The van der Waals surface area contributed by atoms with Crippen molar-refractivity contribution in [3.05, 3.63) is 192 Å². The Kier molecular flexibility index (Phi) is 2.87. The van der Waals surface area contributed by atoms with Crippen LogP contribution in [0.5, 0.6) is 11.5 Å². The molecular weight excluding hydrogens is 565 g/mol. The summed E-state index contributed by atoms with van der Waals surface area (Å²) in [5.74, 6) is -1.80. The van der Waals surface area contributed by atoms with Gasteiger partial charge < -0.3 is 4.74 Å². The number of ether oxygens (including phenoxy) is 1. The van der Waals surface area contributed by atoms with E-state index in [0.29, 0.717) is 10.1 Å². The first kappa shape index (κ1) is 12.5. The molecule has 0 atom stereocenters. The summed E-state index contributed by atoms with van der Waals surface area (Å²) in [6.45, 7) is 0. The number of hydrogen-bond acceptors (Lipinski definition) is 2. The molecule has 9 rings (SSSR count). The highest BCUT2D eigenvalue weighted by Crippen LogP contribution is 2.56. The van der Waals surface area contributed by atoms with E-state index in [4.69, 9.17) is 19.8 Å².